The van der Waals surface area contributed by atoms with E-state index in [1.165, 1.54) is 29.1 Å². The lowest BCUT2D eigenvalue weighted by molar-refractivity contribution is -1.03. The fourth-order valence-electron chi connectivity index (χ4n) is 4.25. The number of hydrogen-bond donors (Lipinski definition) is 2. The lowest BCUT2D eigenvalue weighted by Crippen LogP contribution is -3.27. The van der Waals surface area contributed by atoms with Gasteiger partial charge in [0.2, 0.25) is 4.77 Å². The van der Waals surface area contributed by atoms with Crippen LogP contribution in [0.4, 0.5) is 0 Å². The highest BCUT2D eigenvalue weighted by Gasteiger charge is 2.24. The second-order valence-electron chi connectivity index (χ2n) is 8.69. The predicted molar refractivity (Wildman–Crippen MR) is 117 cm³/mol. The molecular formula is C22H32N6S+2. The molecule has 1 aliphatic heterocycles. The summed E-state index contributed by atoms with van der Waals surface area (Å²) in [4.78, 5) is 7.74. The highest BCUT2D eigenvalue weighted by molar-refractivity contribution is 7.71. The summed E-state index contributed by atoms with van der Waals surface area (Å²) in [5.41, 5.74) is 4.93. The summed E-state index contributed by atoms with van der Waals surface area (Å²) in [6.07, 6.45) is 0. The fraction of sp³-hybridized carbons (Fsp3) is 0.500. The largest absolute Gasteiger partial charge is 0.322 e. The molecule has 0 radical (unpaired) electrons. The average Bonchev–Trinajstić information content (AvgIpc) is 2.99. The summed E-state index contributed by atoms with van der Waals surface area (Å²) in [6, 6.07) is 11.2. The molecule has 29 heavy (non-hydrogen) atoms. The van der Waals surface area contributed by atoms with E-state index in [4.69, 9.17) is 12.2 Å². The van der Waals surface area contributed by atoms with Gasteiger partial charge >= 0.3 is 0 Å². The quantitative estimate of drug-likeness (QED) is 0.613. The maximum absolute atomic E-state index is 5.67. The zero-order valence-electron chi connectivity index (χ0n) is 17.9. The number of benzene rings is 1. The Balaban J connectivity index is 1.37. The Labute approximate surface area is 177 Å². The number of nitrogens with one attached hydrogen (secondary N) is 2. The van der Waals surface area contributed by atoms with Crippen molar-refractivity contribution in [1.29, 1.82) is 0 Å². The van der Waals surface area contributed by atoms with Gasteiger partial charge in [0.05, 0.1) is 0 Å². The first kappa shape index (κ1) is 20.2. The van der Waals surface area contributed by atoms with Gasteiger partial charge in [0.15, 0.2) is 6.67 Å². The molecule has 1 saturated heterocycles. The summed E-state index contributed by atoms with van der Waals surface area (Å²) < 4.78 is 4.68. The number of aromatic nitrogens is 4. The van der Waals surface area contributed by atoms with Gasteiger partial charge in [0.25, 0.3) is 5.78 Å². The summed E-state index contributed by atoms with van der Waals surface area (Å²) in [7, 11) is 0. The van der Waals surface area contributed by atoms with Crippen LogP contribution in [0.2, 0.25) is 0 Å². The van der Waals surface area contributed by atoms with Gasteiger partial charge < -0.3 is 9.80 Å². The summed E-state index contributed by atoms with van der Waals surface area (Å²) >= 11 is 5.67. The highest BCUT2D eigenvalue weighted by atomic mass is 32.1. The van der Waals surface area contributed by atoms with Gasteiger partial charge in [-0.25, -0.2) is 4.98 Å². The molecule has 0 saturated carbocycles. The lowest BCUT2D eigenvalue weighted by Gasteiger charge is -2.29. The van der Waals surface area contributed by atoms with Crippen molar-refractivity contribution in [2.45, 2.75) is 46.8 Å². The Morgan fingerprint density at radius 1 is 1.03 bits per heavy atom. The molecule has 3 heterocycles. The van der Waals surface area contributed by atoms with Crippen molar-refractivity contribution in [1.82, 2.24) is 19.2 Å². The molecule has 0 bridgehead atoms. The Kier molecular flexibility index (Phi) is 5.81. The first-order chi connectivity index (χ1) is 13.9. The molecule has 1 fully saturated rings. The molecule has 2 N–H and O–H groups in total. The van der Waals surface area contributed by atoms with E-state index < -0.39 is 0 Å². The van der Waals surface area contributed by atoms with Crippen LogP contribution >= 0.6 is 12.2 Å². The Morgan fingerprint density at radius 3 is 2.34 bits per heavy atom. The van der Waals surface area contributed by atoms with E-state index in [9.17, 15) is 0 Å². The van der Waals surface area contributed by atoms with Crippen LogP contribution in [0.1, 0.15) is 42.3 Å². The summed E-state index contributed by atoms with van der Waals surface area (Å²) in [5, 5.41) is 4.67. The highest BCUT2D eigenvalue weighted by Crippen LogP contribution is 2.14. The van der Waals surface area contributed by atoms with Crippen molar-refractivity contribution < 1.29 is 9.80 Å². The third kappa shape index (κ3) is 4.42. The Hall–Kier alpha value is -2.09. The first-order valence-corrected chi connectivity index (χ1v) is 11.0. The van der Waals surface area contributed by atoms with Gasteiger partial charge in [-0.05, 0) is 43.6 Å². The molecule has 154 valence electrons. The van der Waals surface area contributed by atoms with Crippen LogP contribution in [-0.2, 0) is 13.2 Å². The minimum Gasteiger partial charge on any atom is -0.322 e. The van der Waals surface area contributed by atoms with Crippen LogP contribution in [0, 0.1) is 18.6 Å². The van der Waals surface area contributed by atoms with E-state index in [1.54, 1.807) is 4.90 Å². The van der Waals surface area contributed by atoms with Crippen molar-refractivity contribution in [3.63, 3.8) is 0 Å². The normalized spacial score (nSPS) is 19.9. The van der Waals surface area contributed by atoms with Crippen LogP contribution in [0.5, 0.6) is 0 Å². The number of quaternary nitrogens is 2. The number of rotatable bonds is 5. The lowest BCUT2D eigenvalue weighted by atomic mass is 10.0. The molecule has 7 heteroatoms. The number of piperazine rings is 1. The standard InChI is InChI=1S/C22H30N6S/c1-16(2)20-7-5-19(6-8-20)14-25-9-11-26(12-10-25)15-27-22(29)28-18(4)13-17(3)23-21(28)24-27/h5-8,13,16H,9-12,14-15H2,1-4H3/p+2. The maximum atomic E-state index is 5.67. The second kappa shape index (κ2) is 8.34. The van der Waals surface area contributed by atoms with E-state index in [-0.39, 0.29) is 0 Å². The van der Waals surface area contributed by atoms with Gasteiger partial charge in [-0.3, -0.25) is 4.40 Å². The molecule has 4 rings (SSSR count). The Bertz CT molecular complexity index is 1040. The molecule has 2 aromatic heterocycles. The van der Waals surface area contributed by atoms with Gasteiger partial charge in [-0.1, -0.05) is 38.1 Å². The van der Waals surface area contributed by atoms with Gasteiger partial charge in [-0.15, -0.1) is 5.10 Å². The minimum atomic E-state index is 0.595. The number of fused-ring (bicyclic) bond motifs is 1. The predicted octanol–water partition coefficient (Wildman–Crippen LogP) is 0.942. The molecule has 6 nitrogen and oxygen atoms in total. The van der Waals surface area contributed by atoms with Crippen molar-refractivity contribution in [2.75, 3.05) is 26.2 Å². The molecular weight excluding hydrogens is 380 g/mol. The maximum Gasteiger partial charge on any atom is 0.254 e. The second-order valence-corrected chi connectivity index (χ2v) is 9.05. The van der Waals surface area contributed by atoms with Gasteiger partial charge in [-0.2, -0.15) is 4.68 Å². The smallest absolute Gasteiger partial charge is 0.254 e. The fourth-order valence-corrected chi connectivity index (χ4v) is 4.58. The molecule has 0 atom stereocenters. The zero-order valence-corrected chi connectivity index (χ0v) is 18.7. The van der Waals surface area contributed by atoms with E-state index in [0.717, 1.165) is 42.5 Å². The average molecular weight is 413 g/mol. The number of hydrogen-bond acceptors (Lipinski definition) is 3. The summed E-state index contributed by atoms with van der Waals surface area (Å²) in [5.74, 6) is 1.30. The van der Waals surface area contributed by atoms with Crippen LogP contribution in [0.15, 0.2) is 30.3 Å². The van der Waals surface area contributed by atoms with E-state index in [2.05, 4.69) is 61.2 Å². The van der Waals surface area contributed by atoms with Crippen molar-refractivity contribution in [2.24, 2.45) is 0 Å². The van der Waals surface area contributed by atoms with Crippen molar-refractivity contribution in [3.8, 4) is 0 Å². The van der Waals surface area contributed by atoms with Crippen LogP contribution in [0.25, 0.3) is 5.78 Å². The number of nitrogens with zero attached hydrogens (tertiary/aromatic N) is 4. The molecule has 1 aliphatic rings. The van der Waals surface area contributed by atoms with Gasteiger partial charge in [0.1, 0.15) is 32.7 Å². The van der Waals surface area contributed by atoms with Crippen LogP contribution in [-0.4, -0.2) is 45.3 Å². The molecule has 0 unspecified atom stereocenters. The third-order valence-corrected chi connectivity index (χ3v) is 6.40. The van der Waals surface area contributed by atoms with Crippen molar-refractivity contribution >= 4 is 18.0 Å². The first-order valence-electron chi connectivity index (χ1n) is 10.6. The molecule has 3 aromatic rings. The van der Waals surface area contributed by atoms with E-state index in [1.807, 2.05) is 16.0 Å². The zero-order chi connectivity index (χ0) is 20.5. The topological polar surface area (TPSA) is 44.0 Å². The van der Waals surface area contributed by atoms with Crippen LogP contribution in [0.3, 0.4) is 0 Å². The van der Waals surface area contributed by atoms with E-state index >= 15 is 0 Å². The molecule has 0 aliphatic carbocycles. The van der Waals surface area contributed by atoms with Crippen LogP contribution < -0.4 is 9.80 Å². The van der Waals surface area contributed by atoms with E-state index in [0.29, 0.717) is 11.7 Å². The Morgan fingerprint density at radius 2 is 1.69 bits per heavy atom. The van der Waals surface area contributed by atoms with Crippen molar-refractivity contribution in [3.05, 3.63) is 57.6 Å². The molecule has 0 spiro atoms. The third-order valence-electron chi connectivity index (χ3n) is 6.01. The summed E-state index contributed by atoms with van der Waals surface area (Å²) in [6.45, 7) is 15.1. The molecule has 0 amide bonds. The monoisotopic (exact) mass is 412 g/mol. The number of aryl methyl sites for hydroxylation is 2. The SMILES string of the molecule is Cc1cc(C)n2c(=S)n(C[NH+]3CC[NH+](Cc4ccc(C(C)C)cc4)CC3)nc2n1. The van der Waals surface area contributed by atoms with Gasteiger partial charge in [0, 0.05) is 17.0 Å². The molecule has 1 aromatic carbocycles. The minimum absolute atomic E-state index is 0.595.